The van der Waals surface area contributed by atoms with E-state index in [4.69, 9.17) is 4.74 Å². The molecular formula is C20H27N5O4S. The van der Waals surface area contributed by atoms with Gasteiger partial charge >= 0.3 is 11.0 Å². The highest BCUT2D eigenvalue weighted by Crippen LogP contribution is 2.19. The highest BCUT2D eigenvalue weighted by Gasteiger charge is 2.24. The van der Waals surface area contributed by atoms with Crippen molar-refractivity contribution >= 4 is 29.5 Å². The van der Waals surface area contributed by atoms with Gasteiger partial charge in [-0.1, -0.05) is 17.4 Å². The molecule has 0 aromatic carbocycles. The van der Waals surface area contributed by atoms with E-state index in [1.807, 2.05) is 32.9 Å². The number of hydrogen-bond acceptors (Lipinski definition) is 8. The summed E-state index contributed by atoms with van der Waals surface area (Å²) >= 11 is 0.955. The molecule has 0 saturated carbocycles. The van der Waals surface area contributed by atoms with Crippen LogP contribution in [-0.2, 0) is 11.2 Å². The van der Waals surface area contributed by atoms with Crippen LogP contribution >= 0.6 is 11.3 Å². The van der Waals surface area contributed by atoms with Gasteiger partial charge in [-0.15, -0.1) is 0 Å². The summed E-state index contributed by atoms with van der Waals surface area (Å²) in [6.07, 6.45) is 7.02. The number of alkyl carbamates (subject to hydrolysis) is 1. The second-order valence-corrected chi connectivity index (χ2v) is 9.10. The van der Waals surface area contributed by atoms with Crippen LogP contribution in [0.4, 0.5) is 10.7 Å². The van der Waals surface area contributed by atoms with Gasteiger partial charge in [-0.05, 0) is 45.8 Å². The molecular weight excluding hydrogens is 406 g/mol. The van der Waals surface area contributed by atoms with E-state index in [0.29, 0.717) is 17.2 Å². The van der Waals surface area contributed by atoms with Crippen LogP contribution in [0.15, 0.2) is 23.1 Å². The fourth-order valence-corrected chi connectivity index (χ4v) is 3.74. The average Bonchev–Trinajstić information content (AvgIpc) is 2.98. The number of ether oxygens (including phenoxy) is 1. The minimum Gasteiger partial charge on any atom is -0.493 e. The molecule has 0 spiro atoms. The minimum absolute atomic E-state index is 0.0726. The monoisotopic (exact) mass is 433 g/mol. The van der Waals surface area contributed by atoms with Crippen molar-refractivity contribution in [2.75, 3.05) is 18.0 Å². The molecule has 162 valence electrons. The van der Waals surface area contributed by atoms with Crippen LogP contribution in [0.5, 0.6) is 5.88 Å². The number of allylic oxidation sites excluding steroid dienone is 1. The van der Waals surface area contributed by atoms with Crippen molar-refractivity contribution in [2.45, 2.75) is 51.7 Å². The smallest absolute Gasteiger partial charge is 0.407 e. The molecule has 3 rings (SSSR count). The number of carbonyl (C=O) groups excluding carboxylic acids is 1. The summed E-state index contributed by atoms with van der Waals surface area (Å²) in [6, 6.07) is 1.91. The van der Waals surface area contributed by atoms with Crippen molar-refractivity contribution in [1.82, 2.24) is 20.3 Å². The molecule has 30 heavy (non-hydrogen) atoms. The number of amides is 1. The Balaban J connectivity index is 1.52. The molecule has 9 nitrogen and oxygen atoms in total. The Morgan fingerprint density at radius 2 is 2.17 bits per heavy atom. The SMILES string of the molecule is CC(C)(C)OC(=O)NC1CCN(c2nccc(C/C=C/c3sc(=O)[nH]c3O)n2)CC1. The third-order valence-electron chi connectivity index (χ3n) is 4.45. The molecule has 3 N–H and O–H groups in total. The van der Waals surface area contributed by atoms with E-state index in [1.54, 1.807) is 12.3 Å². The molecule has 1 fully saturated rings. The Morgan fingerprint density at radius 1 is 1.43 bits per heavy atom. The number of H-pyrrole nitrogens is 1. The number of carbonyl (C=O) groups is 1. The van der Waals surface area contributed by atoms with Crippen molar-refractivity contribution in [2.24, 2.45) is 0 Å². The number of nitrogens with zero attached hydrogens (tertiary/aromatic N) is 3. The minimum atomic E-state index is -0.509. The standard InChI is InChI=1S/C20H27N5O4S/c1-20(2,3)29-18(27)23-14-8-11-25(12-9-14)17-21-10-7-13(22-17)5-4-6-15-16(26)24-19(28)30-15/h4,6-7,10,14,26H,5,8-9,11-12H2,1-3H3,(H,23,27)(H,24,28)/b6-4+. The fourth-order valence-electron chi connectivity index (χ4n) is 3.08. The normalized spacial score (nSPS) is 15.5. The Hall–Kier alpha value is -2.88. The first-order valence-corrected chi connectivity index (χ1v) is 10.7. The maximum Gasteiger partial charge on any atom is 0.407 e. The zero-order valence-electron chi connectivity index (χ0n) is 17.3. The molecule has 0 aliphatic carbocycles. The van der Waals surface area contributed by atoms with Gasteiger partial charge < -0.3 is 20.1 Å². The number of nitrogens with one attached hydrogen (secondary N) is 2. The molecule has 0 unspecified atom stereocenters. The molecule has 10 heteroatoms. The predicted molar refractivity (Wildman–Crippen MR) is 116 cm³/mol. The molecule has 2 aromatic heterocycles. The van der Waals surface area contributed by atoms with Crippen LogP contribution in [-0.4, -0.2) is 50.9 Å². The van der Waals surface area contributed by atoms with Crippen LogP contribution in [0.3, 0.4) is 0 Å². The van der Waals surface area contributed by atoms with Crippen molar-refractivity contribution in [3.63, 3.8) is 0 Å². The van der Waals surface area contributed by atoms with Gasteiger partial charge in [0.2, 0.25) is 11.8 Å². The van der Waals surface area contributed by atoms with Crippen LogP contribution in [0, 0.1) is 0 Å². The Morgan fingerprint density at radius 3 is 2.80 bits per heavy atom. The number of piperidine rings is 1. The highest BCUT2D eigenvalue weighted by molar-refractivity contribution is 7.10. The zero-order valence-corrected chi connectivity index (χ0v) is 18.2. The lowest BCUT2D eigenvalue weighted by Gasteiger charge is -2.32. The van der Waals surface area contributed by atoms with Gasteiger partial charge in [0.05, 0.1) is 4.88 Å². The first kappa shape index (κ1) is 21.8. The number of rotatable bonds is 5. The number of thiazole rings is 1. The van der Waals surface area contributed by atoms with E-state index >= 15 is 0 Å². The number of aromatic nitrogens is 3. The van der Waals surface area contributed by atoms with E-state index in [2.05, 4.69) is 25.2 Å². The van der Waals surface area contributed by atoms with Gasteiger partial charge in [0.25, 0.3) is 0 Å². The summed E-state index contributed by atoms with van der Waals surface area (Å²) in [4.78, 5) is 36.8. The van der Waals surface area contributed by atoms with Crippen molar-refractivity contribution in [3.8, 4) is 5.88 Å². The van der Waals surface area contributed by atoms with Crippen LogP contribution in [0.1, 0.15) is 44.2 Å². The van der Waals surface area contributed by atoms with E-state index in [9.17, 15) is 14.7 Å². The number of aromatic amines is 1. The van der Waals surface area contributed by atoms with Gasteiger partial charge in [-0.2, -0.15) is 0 Å². The second-order valence-electron chi connectivity index (χ2n) is 8.09. The maximum atomic E-state index is 11.9. The lowest BCUT2D eigenvalue weighted by molar-refractivity contribution is 0.0497. The number of anilines is 1. The summed E-state index contributed by atoms with van der Waals surface area (Å²) < 4.78 is 5.32. The molecule has 1 amide bonds. The molecule has 1 saturated heterocycles. The van der Waals surface area contributed by atoms with Crippen molar-refractivity contribution in [3.05, 3.63) is 38.6 Å². The Kier molecular flexibility index (Phi) is 6.76. The highest BCUT2D eigenvalue weighted by atomic mass is 32.1. The van der Waals surface area contributed by atoms with Crippen molar-refractivity contribution in [1.29, 1.82) is 0 Å². The largest absolute Gasteiger partial charge is 0.493 e. The molecule has 0 radical (unpaired) electrons. The summed E-state index contributed by atoms with van der Waals surface area (Å²) in [5, 5.41) is 12.5. The van der Waals surface area contributed by atoms with Crippen LogP contribution < -0.4 is 15.1 Å². The summed E-state index contributed by atoms with van der Waals surface area (Å²) in [5.74, 6) is 0.540. The number of aromatic hydroxyl groups is 1. The lowest BCUT2D eigenvalue weighted by Crippen LogP contribution is -2.46. The van der Waals surface area contributed by atoms with E-state index in [1.165, 1.54) is 0 Å². The summed E-state index contributed by atoms with van der Waals surface area (Å²) in [5.41, 5.74) is 0.332. The van der Waals surface area contributed by atoms with E-state index in [-0.39, 0.29) is 22.9 Å². The Bertz CT molecular complexity index is 955. The van der Waals surface area contributed by atoms with Gasteiger partial charge in [-0.25, -0.2) is 14.8 Å². The molecule has 3 heterocycles. The quantitative estimate of drug-likeness (QED) is 0.663. The first-order valence-electron chi connectivity index (χ1n) is 9.84. The fraction of sp³-hybridized carbons (Fsp3) is 0.500. The molecule has 1 aliphatic rings. The summed E-state index contributed by atoms with van der Waals surface area (Å²) in [6.45, 7) is 7.02. The topological polar surface area (TPSA) is 120 Å². The summed E-state index contributed by atoms with van der Waals surface area (Å²) in [7, 11) is 0. The molecule has 0 bridgehead atoms. The van der Waals surface area contributed by atoms with Crippen molar-refractivity contribution < 1.29 is 14.6 Å². The van der Waals surface area contributed by atoms with Gasteiger partial charge in [0.1, 0.15) is 5.60 Å². The Labute approximate surface area is 178 Å². The molecule has 0 atom stereocenters. The second kappa shape index (κ2) is 9.29. The average molecular weight is 434 g/mol. The molecule has 2 aromatic rings. The van der Waals surface area contributed by atoms with Crippen LogP contribution in [0.2, 0.25) is 0 Å². The van der Waals surface area contributed by atoms with Gasteiger partial charge in [0, 0.05) is 37.4 Å². The first-order chi connectivity index (χ1) is 14.2. The lowest BCUT2D eigenvalue weighted by atomic mass is 10.1. The third-order valence-corrected chi connectivity index (χ3v) is 5.29. The number of hydrogen-bond donors (Lipinski definition) is 3. The van der Waals surface area contributed by atoms with E-state index in [0.717, 1.165) is 43.0 Å². The van der Waals surface area contributed by atoms with Crippen LogP contribution in [0.25, 0.3) is 6.08 Å². The van der Waals surface area contributed by atoms with E-state index < -0.39 is 5.60 Å². The molecule has 1 aliphatic heterocycles. The van der Waals surface area contributed by atoms with Gasteiger partial charge in [-0.3, -0.25) is 9.78 Å². The predicted octanol–water partition coefficient (Wildman–Crippen LogP) is 2.68. The zero-order chi connectivity index (χ0) is 21.7. The maximum absolute atomic E-state index is 11.9. The van der Waals surface area contributed by atoms with Gasteiger partial charge in [0.15, 0.2) is 0 Å². The third kappa shape index (κ3) is 6.31.